The van der Waals surface area contributed by atoms with Crippen molar-refractivity contribution in [1.82, 2.24) is 15.0 Å². The van der Waals surface area contributed by atoms with Crippen molar-refractivity contribution in [3.63, 3.8) is 0 Å². The van der Waals surface area contributed by atoms with E-state index in [4.69, 9.17) is 0 Å². The minimum Gasteiger partial charge on any atom is -0.288 e. The van der Waals surface area contributed by atoms with Gasteiger partial charge in [-0.25, -0.2) is 26.6 Å². The molecule has 0 radical (unpaired) electrons. The van der Waals surface area contributed by atoms with Gasteiger partial charge in [0.05, 0.1) is 39.9 Å². The molecule has 0 amide bonds. The maximum atomic E-state index is 15.0. The van der Waals surface area contributed by atoms with Crippen LogP contribution in [-0.4, -0.2) is 34.9 Å². The van der Waals surface area contributed by atoms with Crippen LogP contribution in [0.3, 0.4) is 0 Å². The molecule has 0 unspecified atom stereocenters. The van der Waals surface area contributed by atoms with E-state index in [0.717, 1.165) is 0 Å². The molecule has 0 aliphatic heterocycles. The van der Waals surface area contributed by atoms with Crippen molar-refractivity contribution in [2.45, 2.75) is 13.3 Å². The molecule has 7 nitrogen and oxygen atoms in total. The summed E-state index contributed by atoms with van der Waals surface area (Å²) in [7, 11) is -4.02. The van der Waals surface area contributed by atoms with Crippen LogP contribution in [0.5, 0.6) is 0 Å². The summed E-state index contributed by atoms with van der Waals surface area (Å²) in [5.74, 6) is -6.36. The van der Waals surface area contributed by atoms with Gasteiger partial charge < -0.3 is 0 Å². The van der Waals surface area contributed by atoms with Crippen LogP contribution >= 0.6 is 0 Å². The molecule has 2 aromatic heterocycles. The largest absolute Gasteiger partial charge is 0.288 e. The summed E-state index contributed by atoms with van der Waals surface area (Å²) in [5, 5.41) is 0. The molecule has 0 saturated heterocycles. The number of halogens is 3. The average Bonchev–Trinajstić information content (AvgIpc) is 2.82. The predicted octanol–water partition coefficient (Wildman–Crippen LogP) is 4.49. The van der Waals surface area contributed by atoms with Crippen LogP contribution in [0.4, 0.5) is 18.9 Å². The second kappa shape index (κ2) is 9.18. The van der Waals surface area contributed by atoms with E-state index in [1.54, 1.807) is 31.5 Å². The predicted molar refractivity (Wildman–Crippen MR) is 120 cm³/mol. The number of rotatable bonds is 7. The summed E-state index contributed by atoms with van der Waals surface area (Å²) in [6, 6.07) is 7.81. The summed E-state index contributed by atoms with van der Waals surface area (Å²) in [6.45, 7) is 1.58. The maximum absolute atomic E-state index is 15.0. The van der Waals surface area contributed by atoms with Gasteiger partial charge in [-0.1, -0.05) is 6.92 Å². The van der Waals surface area contributed by atoms with Crippen LogP contribution in [-0.2, 0) is 10.0 Å². The van der Waals surface area contributed by atoms with Gasteiger partial charge in [-0.3, -0.25) is 19.5 Å². The third-order valence-corrected chi connectivity index (χ3v) is 6.36. The van der Waals surface area contributed by atoms with Crippen molar-refractivity contribution in [1.29, 1.82) is 0 Å². The molecule has 4 rings (SSSR count). The van der Waals surface area contributed by atoms with E-state index in [1.807, 2.05) is 4.72 Å². The number of nitrogens with one attached hydrogen (secondary N) is 1. The van der Waals surface area contributed by atoms with E-state index in [2.05, 4.69) is 15.0 Å². The minimum absolute atomic E-state index is 0.184. The summed E-state index contributed by atoms with van der Waals surface area (Å²) < 4.78 is 69.6. The number of benzene rings is 2. The molecule has 11 heteroatoms. The third-order valence-electron chi connectivity index (χ3n) is 4.88. The second-order valence-electron chi connectivity index (χ2n) is 7.36. The Balaban J connectivity index is 1.78. The topological polar surface area (TPSA) is 102 Å². The van der Waals surface area contributed by atoms with Gasteiger partial charge in [-0.15, -0.1) is 0 Å². The van der Waals surface area contributed by atoms with Gasteiger partial charge in [0.1, 0.15) is 0 Å². The monoisotopic (exact) mass is 486 g/mol. The molecule has 0 aliphatic carbocycles. The Morgan fingerprint density at radius 3 is 2.53 bits per heavy atom. The van der Waals surface area contributed by atoms with Gasteiger partial charge in [0, 0.05) is 29.6 Å². The number of ketones is 1. The summed E-state index contributed by atoms with van der Waals surface area (Å²) in [4.78, 5) is 25.7. The Hall–Kier alpha value is -3.86. The number of nitrogens with zero attached hydrogens (tertiary/aromatic N) is 3. The normalized spacial score (nSPS) is 11.5. The van der Waals surface area contributed by atoms with Gasteiger partial charge in [-0.2, -0.15) is 0 Å². The molecule has 0 saturated carbocycles. The Morgan fingerprint density at radius 1 is 1.03 bits per heavy atom. The molecule has 34 heavy (non-hydrogen) atoms. The maximum Gasteiger partial charge on any atom is 0.232 e. The fourth-order valence-electron chi connectivity index (χ4n) is 3.32. The van der Waals surface area contributed by atoms with Crippen LogP contribution in [0.15, 0.2) is 55.0 Å². The van der Waals surface area contributed by atoms with Crippen molar-refractivity contribution >= 4 is 32.5 Å². The van der Waals surface area contributed by atoms with Crippen LogP contribution in [0.25, 0.3) is 22.3 Å². The molecule has 4 aromatic rings. The quantitative estimate of drug-likeness (QED) is 0.305. The molecular weight excluding hydrogens is 469 g/mol. The van der Waals surface area contributed by atoms with Crippen LogP contribution in [0.2, 0.25) is 0 Å². The highest BCUT2D eigenvalue weighted by Crippen LogP contribution is 2.28. The number of carbonyl (C=O) groups is 1. The molecular formula is C23H17F3N4O3S. The first-order valence-electron chi connectivity index (χ1n) is 10.1. The number of anilines is 1. The van der Waals surface area contributed by atoms with Crippen LogP contribution in [0.1, 0.15) is 29.3 Å². The number of fused-ring (bicyclic) bond motifs is 1. The molecule has 2 aromatic carbocycles. The van der Waals surface area contributed by atoms with E-state index in [0.29, 0.717) is 22.8 Å². The lowest BCUT2D eigenvalue weighted by Crippen LogP contribution is -2.19. The highest BCUT2D eigenvalue weighted by atomic mass is 32.2. The van der Waals surface area contributed by atoms with Crippen LogP contribution < -0.4 is 4.72 Å². The van der Waals surface area contributed by atoms with E-state index in [-0.39, 0.29) is 23.3 Å². The molecule has 2 heterocycles. The Labute approximate surface area is 192 Å². The number of hydrogen-bond donors (Lipinski definition) is 1. The zero-order chi connectivity index (χ0) is 24.5. The van der Waals surface area contributed by atoms with Gasteiger partial charge >= 0.3 is 0 Å². The van der Waals surface area contributed by atoms with Gasteiger partial charge in [0.15, 0.2) is 23.2 Å². The van der Waals surface area contributed by atoms with Gasteiger partial charge in [0.2, 0.25) is 10.0 Å². The zero-order valence-electron chi connectivity index (χ0n) is 17.7. The van der Waals surface area contributed by atoms with E-state index < -0.39 is 44.5 Å². The average molecular weight is 486 g/mol. The fraction of sp³-hybridized carbons (Fsp3) is 0.130. The molecule has 0 atom stereocenters. The first-order chi connectivity index (χ1) is 16.2. The third kappa shape index (κ3) is 4.60. The van der Waals surface area contributed by atoms with E-state index in [9.17, 15) is 22.0 Å². The number of aromatic nitrogens is 3. The van der Waals surface area contributed by atoms with E-state index in [1.165, 1.54) is 24.4 Å². The molecule has 0 fully saturated rings. The highest BCUT2D eigenvalue weighted by Gasteiger charge is 2.27. The van der Waals surface area contributed by atoms with Crippen molar-refractivity contribution < 1.29 is 26.4 Å². The summed E-state index contributed by atoms with van der Waals surface area (Å²) >= 11 is 0. The SMILES string of the molecule is CCCS(=O)(=O)Nc1cc(F)c(F)c(C(=O)c2ccc3ncc(-c4cccnc4)nc3c2)c1F. The second-order valence-corrected chi connectivity index (χ2v) is 9.20. The van der Waals surface area contributed by atoms with Crippen molar-refractivity contribution in [3.8, 4) is 11.3 Å². The lowest BCUT2D eigenvalue weighted by Gasteiger charge is -2.12. The first-order valence-corrected chi connectivity index (χ1v) is 11.8. The zero-order valence-corrected chi connectivity index (χ0v) is 18.5. The molecule has 1 N–H and O–H groups in total. The fourth-order valence-corrected chi connectivity index (χ4v) is 4.44. The summed E-state index contributed by atoms with van der Waals surface area (Å²) in [6.07, 6.45) is 4.89. The Bertz CT molecular complexity index is 1510. The number of sulfonamides is 1. The first kappa shape index (κ1) is 23.3. The van der Waals surface area contributed by atoms with Crippen LogP contribution in [0, 0.1) is 17.5 Å². The van der Waals surface area contributed by atoms with Crippen molar-refractivity contribution in [2.24, 2.45) is 0 Å². The summed E-state index contributed by atoms with van der Waals surface area (Å²) in [5.41, 5.74) is -0.456. The van der Waals surface area contributed by atoms with Crippen molar-refractivity contribution in [3.05, 3.63) is 83.6 Å². The smallest absolute Gasteiger partial charge is 0.232 e. The molecule has 0 spiro atoms. The minimum atomic E-state index is -4.02. The van der Waals surface area contributed by atoms with Gasteiger partial charge in [-0.05, 0) is 36.8 Å². The molecule has 174 valence electrons. The van der Waals surface area contributed by atoms with E-state index >= 15 is 4.39 Å². The highest BCUT2D eigenvalue weighted by molar-refractivity contribution is 7.92. The lowest BCUT2D eigenvalue weighted by atomic mass is 10.0. The van der Waals surface area contributed by atoms with Gasteiger partial charge in [0.25, 0.3) is 0 Å². The Morgan fingerprint density at radius 2 is 1.82 bits per heavy atom. The number of hydrogen-bond acceptors (Lipinski definition) is 6. The number of carbonyl (C=O) groups excluding carboxylic acids is 1. The standard InChI is InChI=1S/C23H17F3N4O3S/c1-2-8-34(32,33)30-18-10-15(24)21(25)20(22(18)26)23(31)13-5-6-16-17(9-13)29-19(12-28-16)14-4-3-7-27-11-14/h3-7,9-12,30H,2,8H2,1H3. The van der Waals surface area contributed by atoms with Crippen molar-refractivity contribution in [2.75, 3.05) is 10.5 Å². The lowest BCUT2D eigenvalue weighted by molar-refractivity contribution is 0.103. The molecule has 0 aliphatic rings. The molecule has 0 bridgehead atoms. The Kier molecular flexibility index (Phi) is 6.29. The number of pyridine rings is 1.